The molecule has 1 aliphatic heterocycles. The van der Waals surface area contributed by atoms with Crippen LogP contribution in [-0.4, -0.2) is 87.5 Å². The summed E-state index contributed by atoms with van der Waals surface area (Å²) in [5.41, 5.74) is 0. The van der Waals surface area contributed by atoms with Crippen molar-refractivity contribution in [3.8, 4) is 0 Å². The first-order valence-electron chi connectivity index (χ1n) is 23.9. The Bertz CT molecular complexity index is 1270. The summed E-state index contributed by atoms with van der Waals surface area (Å²) in [5.74, 6) is -0.201. The molecule has 0 aromatic carbocycles. The van der Waals surface area contributed by atoms with Gasteiger partial charge in [0.1, 0.15) is 24.4 Å². The number of aliphatic hydroxyl groups is 5. The third-order valence-electron chi connectivity index (χ3n) is 10.7. The number of unbranched alkanes of at least 4 members (excludes halogenated alkanes) is 15. The van der Waals surface area contributed by atoms with Crippen LogP contribution in [0.2, 0.25) is 0 Å². The van der Waals surface area contributed by atoms with Crippen LogP contribution in [0.25, 0.3) is 0 Å². The van der Waals surface area contributed by atoms with Crippen LogP contribution in [-0.2, 0) is 14.3 Å². The molecule has 6 N–H and O–H groups in total. The van der Waals surface area contributed by atoms with Gasteiger partial charge in [-0.05, 0) is 84.0 Å². The predicted octanol–water partition coefficient (Wildman–Crippen LogP) is 10.5. The number of allylic oxidation sites excluding steroid dienone is 15. The van der Waals surface area contributed by atoms with Crippen molar-refractivity contribution in [1.82, 2.24) is 5.32 Å². The molecule has 0 aromatic rings. The summed E-state index contributed by atoms with van der Waals surface area (Å²) >= 11 is 0. The molecule has 9 heteroatoms. The lowest BCUT2D eigenvalue weighted by Crippen LogP contribution is -2.60. The molecule has 0 aliphatic carbocycles. The van der Waals surface area contributed by atoms with Crippen molar-refractivity contribution in [1.29, 1.82) is 0 Å². The van der Waals surface area contributed by atoms with E-state index in [1.54, 1.807) is 6.08 Å². The SMILES string of the molecule is C/C=C/CC/C=C/CC/C=C/C(O)C(COC1OC(CO)C(O)C(O)C1O)NC(=O)CCCCCCCCCCCCCCC/C=C\C/C=C\C/C=C\C/C=C\C/C=C\CC. The Labute approximate surface area is 371 Å². The first-order valence-corrected chi connectivity index (χ1v) is 23.9. The van der Waals surface area contributed by atoms with E-state index in [1.807, 2.05) is 19.1 Å². The van der Waals surface area contributed by atoms with Gasteiger partial charge in [-0.1, -0.05) is 175 Å². The Kier molecular flexibility index (Phi) is 37.9. The van der Waals surface area contributed by atoms with E-state index < -0.39 is 49.5 Å². The number of aliphatic hydroxyl groups excluding tert-OH is 5. The van der Waals surface area contributed by atoms with E-state index in [0.29, 0.717) is 6.42 Å². The fourth-order valence-electron chi connectivity index (χ4n) is 6.93. The van der Waals surface area contributed by atoms with Gasteiger partial charge in [0.15, 0.2) is 6.29 Å². The summed E-state index contributed by atoms with van der Waals surface area (Å²) in [4.78, 5) is 12.9. The molecule has 1 fully saturated rings. The van der Waals surface area contributed by atoms with E-state index >= 15 is 0 Å². The van der Waals surface area contributed by atoms with Gasteiger partial charge in [-0.2, -0.15) is 0 Å². The van der Waals surface area contributed by atoms with Crippen molar-refractivity contribution in [2.45, 2.75) is 211 Å². The topological polar surface area (TPSA) is 149 Å². The number of ether oxygens (including phenoxy) is 2. The fourth-order valence-corrected chi connectivity index (χ4v) is 6.93. The predicted molar refractivity (Wildman–Crippen MR) is 253 cm³/mol. The summed E-state index contributed by atoms with van der Waals surface area (Å²) in [7, 11) is 0. The van der Waals surface area contributed by atoms with Crippen LogP contribution < -0.4 is 5.32 Å². The summed E-state index contributed by atoms with van der Waals surface area (Å²) in [6.45, 7) is 3.38. The smallest absolute Gasteiger partial charge is 0.220 e. The van der Waals surface area contributed by atoms with E-state index in [4.69, 9.17) is 9.47 Å². The zero-order valence-electron chi connectivity index (χ0n) is 38.1. The lowest BCUT2D eigenvalue weighted by Gasteiger charge is -2.40. The van der Waals surface area contributed by atoms with Crippen LogP contribution in [0, 0.1) is 0 Å². The van der Waals surface area contributed by atoms with Crippen molar-refractivity contribution in [2.24, 2.45) is 0 Å². The van der Waals surface area contributed by atoms with Gasteiger partial charge in [-0.25, -0.2) is 0 Å². The number of rotatable bonds is 38. The Hall–Kier alpha value is -2.89. The molecule has 1 amide bonds. The number of nitrogens with one attached hydrogen (secondary N) is 1. The van der Waals surface area contributed by atoms with Gasteiger partial charge in [-0.15, -0.1) is 0 Å². The van der Waals surface area contributed by atoms with E-state index in [0.717, 1.165) is 77.0 Å². The first kappa shape index (κ1) is 56.1. The molecule has 0 bridgehead atoms. The molecule has 1 rings (SSSR count). The maximum absolute atomic E-state index is 12.9. The molecule has 9 nitrogen and oxygen atoms in total. The Morgan fingerprint density at radius 1 is 0.590 bits per heavy atom. The molecule has 0 radical (unpaired) electrons. The summed E-state index contributed by atoms with van der Waals surface area (Å²) in [6.07, 6.45) is 52.1. The highest BCUT2D eigenvalue weighted by atomic mass is 16.7. The minimum Gasteiger partial charge on any atom is -0.394 e. The molecule has 0 spiro atoms. The van der Waals surface area contributed by atoms with Crippen molar-refractivity contribution in [3.63, 3.8) is 0 Å². The Balaban J connectivity index is 2.19. The average Bonchev–Trinajstić information content (AvgIpc) is 3.26. The highest BCUT2D eigenvalue weighted by molar-refractivity contribution is 5.76. The van der Waals surface area contributed by atoms with E-state index in [-0.39, 0.29) is 12.5 Å². The molecule has 348 valence electrons. The largest absolute Gasteiger partial charge is 0.394 e. The number of carbonyl (C=O) groups is 1. The van der Waals surface area contributed by atoms with E-state index in [2.05, 4.69) is 91.2 Å². The van der Waals surface area contributed by atoms with E-state index in [1.165, 1.54) is 70.6 Å². The second kappa shape index (κ2) is 41.1. The molecular formula is C52H87NO8. The second-order valence-corrected chi connectivity index (χ2v) is 16.2. The maximum atomic E-state index is 12.9. The number of carbonyl (C=O) groups excluding carboxylic acids is 1. The number of hydrogen-bond donors (Lipinski definition) is 6. The first-order chi connectivity index (χ1) is 29.8. The molecule has 7 unspecified atom stereocenters. The molecule has 61 heavy (non-hydrogen) atoms. The van der Waals surface area contributed by atoms with Gasteiger partial charge in [0.05, 0.1) is 25.4 Å². The van der Waals surface area contributed by atoms with E-state index in [9.17, 15) is 30.3 Å². The van der Waals surface area contributed by atoms with Gasteiger partial charge in [0.2, 0.25) is 5.91 Å². The summed E-state index contributed by atoms with van der Waals surface area (Å²) < 4.78 is 11.2. The molecule has 7 atom stereocenters. The monoisotopic (exact) mass is 854 g/mol. The minimum atomic E-state index is -1.58. The normalized spacial score (nSPS) is 21.3. The van der Waals surface area contributed by atoms with Crippen molar-refractivity contribution < 1.29 is 39.8 Å². The molecule has 1 heterocycles. The maximum Gasteiger partial charge on any atom is 0.220 e. The quantitative estimate of drug-likeness (QED) is 0.0266. The van der Waals surface area contributed by atoms with Crippen LogP contribution >= 0.6 is 0 Å². The molecule has 1 saturated heterocycles. The standard InChI is InChI=1S/C52H87NO8/c1-3-5-7-9-11-13-14-15-16-17-18-19-20-21-22-23-24-25-26-27-28-29-30-31-32-34-36-38-40-42-48(56)53-45(46(55)41-39-37-35-33-12-10-8-6-4-2)44-60-52-51(59)50(58)49(57)47(43-54)61-52/h4-7,11-13,15-16,18-19,21-22,33,39,41,45-47,49-52,54-55,57-59H,3,8-10,14,17,20,23-32,34-38,40,42-44H2,1-2H3,(H,53,56)/b6-4+,7-5-,13-11-,16-15-,19-18-,22-21-,33-12+,41-39+. The van der Waals surface area contributed by atoms with Crippen molar-refractivity contribution >= 4 is 5.91 Å². The minimum absolute atomic E-state index is 0.201. The van der Waals surface area contributed by atoms with Gasteiger partial charge in [0, 0.05) is 6.42 Å². The molecule has 1 aliphatic rings. The zero-order valence-corrected chi connectivity index (χ0v) is 38.1. The Morgan fingerprint density at radius 3 is 1.57 bits per heavy atom. The molecular weight excluding hydrogens is 767 g/mol. The third-order valence-corrected chi connectivity index (χ3v) is 10.7. The highest BCUT2D eigenvalue weighted by Gasteiger charge is 2.44. The van der Waals surface area contributed by atoms with Gasteiger partial charge in [0.25, 0.3) is 0 Å². The average molecular weight is 854 g/mol. The summed E-state index contributed by atoms with van der Waals surface area (Å²) in [6, 6.07) is -0.831. The lowest BCUT2D eigenvalue weighted by molar-refractivity contribution is -0.302. The lowest BCUT2D eigenvalue weighted by atomic mass is 9.99. The highest BCUT2D eigenvalue weighted by Crippen LogP contribution is 2.22. The van der Waals surface area contributed by atoms with Crippen LogP contribution in [0.1, 0.15) is 168 Å². The fraction of sp³-hybridized carbons (Fsp3) is 0.673. The van der Waals surface area contributed by atoms with Crippen molar-refractivity contribution in [2.75, 3.05) is 13.2 Å². The van der Waals surface area contributed by atoms with Gasteiger partial charge >= 0.3 is 0 Å². The molecule has 0 saturated carbocycles. The van der Waals surface area contributed by atoms with Crippen LogP contribution in [0.5, 0.6) is 0 Å². The summed E-state index contributed by atoms with van der Waals surface area (Å²) in [5, 5.41) is 54.0. The van der Waals surface area contributed by atoms with Gasteiger partial charge < -0.3 is 40.3 Å². The third kappa shape index (κ3) is 31.6. The number of amides is 1. The van der Waals surface area contributed by atoms with Crippen LogP contribution in [0.3, 0.4) is 0 Å². The van der Waals surface area contributed by atoms with Crippen molar-refractivity contribution in [3.05, 3.63) is 97.2 Å². The number of hydrogen-bond acceptors (Lipinski definition) is 8. The second-order valence-electron chi connectivity index (χ2n) is 16.2. The van der Waals surface area contributed by atoms with Crippen LogP contribution in [0.4, 0.5) is 0 Å². The molecule has 0 aromatic heterocycles. The van der Waals surface area contributed by atoms with Gasteiger partial charge in [-0.3, -0.25) is 4.79 Å². The Morgan fingerprint density at radius 2 is 1.05 bits per heavy atom. The zero-order chi connectivity index (χ0) is 44.4. The van der Waals surface area contributed by atoms with Crippen LogP contribution in [0.15, 0.2) is 97.2 Å².